The van der Waals surface area contributed by atoms with E-state index in [4.69, 9.17) is 4.74 Å². The fourth-order valence-corrected chi connectivity index (χ4v) is 3.83. The molecule has 0 bridgehead atoms. The number of benzene rings is 1. The highest BCUT2D eigenvalue weighted by Crippen LogP contribution is 2.21. The predicted octanol–water partition coefficient (Wildman–Crippen LogP) is 2.91. The molecular formula is C21H27N5O2. The summed E-state index contributed by atoms with van der Waals surface area (Å²) in [5.74, 6) is 2.55. The lowest BCUT2D eigenvalue weighted by Crippen LogP contribution is -2.40. The summed E-state index contributed by atoms with van der Waals surface area (Å²) < 4.78 is 7.80. The second kappa shape index (κ2) is 8.56. The Labute approximate surface area is 164 Å². The maximum absolute atomic E-state index is 12.4. The summed E-state index contributed by atoms with van der Waals surface area (Å²) in [6, 6.07) is 7.86. The molecule has 1 aliphatic rings. The number of aromatic amines is 1. The third-order valence-electron chi connectivity index (χ3n) is 5.57. The zero-order chi connectivity index (χ0) is 19.3. The first-order valence-electron chi connectivity index (χ1n) is 9.96. The molecule has 1 fully saturated rings. The quantitative estimate of drug-likeness (QED) is 0.683. The Morgan fingerprint density at radius 2 is 2.11 bits per heavy atom. The summed E-state index contributed by atoms with van der Waals surface area (Å²) in [4.78, 5) is 26.3. The number of hydrogen-bond donors (Lipinski definition) is 1. The van der Waals surface area contributed by atoms with Crippen LogP contribution in [-0.4, -0.2) is 50.0 Å². The second-order valence-electron chi connectivity index (χ2n) is 7.47. The molecule has 1 aromatic carbocycles. The normalized spacial score (nSPS) is 15.4. The van der Waals surface area contributed by atoms with Crippen LogP contribution in [0.2, 0.25) is 0 Å². The van der Waals surface area contributed by atoms with Gasteiger partial charge in [-0.3, -0.25) is 4.79 Å². The van der Waals surface area contributed by atoms with Crippen LogP contribution in [-0.2, 0) is 22.7 Å². The first-order valence-corrected chi connectivity index (χ1v) is 9.96. The third kappa shape index (κ3) is 4.42. The van der Waals surface area contributed by atoms with Gasteiger partial charge in [-0.05, 0) is 44.2 Å². The molecule has 0 atom stereocenters. The highest BCUT2D eigenvalue weighted by molar-refractivity contribution is 5.77. The standard InChI is InChI=1S/C21H27N5O2/c1-16-22-9-13-25(16)10-6-17-7-11-26(12-8-17)21(27)15-28-14-20-23-18-4-2-3-5-19(18)24-20/h2-5,9,13,17H,6-8,10-12,14-15H2,1H3,(H,23,24). The predicted molar refractivity (Wildman–Crippen MR) is 107 cm³/mol. The first kappa shape index (κ1) is 18.7. The van der Waals surface area contributed by atoms with Crippen LogP contribution in [0.4, 0.5) is 0 Å². The summed E-state index contributed by atoms with van der Waals surface area (Å²) in [5, 5.41) is 0. The van der Waals surface area contributed by atoms with Crippen molar-refractivity contribution >= 4 is 16.9 Å². The number of hydrogen-bond acceptors (Lipinski definition) is 4. The Morgan fingerprint density at radius 3 is 2.86 bits per heavy atom. The molecule has 3 heterocycles. The van der Waals surface area contributed by atoms with Crippen LogP contribution < -0.4 is 0 Å². The van der Waals surface area contributed by atoms with Gasteiger partial charge in [-0.25, -0.2) is 9.97 Å². The molecule has 0 spiro atoms. The molecule has 1 N–H and O–H groups in total. The number of piperidine rings is 1. The minimum atomic E-state index is 0.0695. The lowest BCUT2D eigenvalue weighted by atomic mass is 9.93. The molecule has 0 unspecified atom stereocenters. The zero-order valence-electron chi connectivity index (χ0n) is 16.3. The van der Waals surface area contributed by atoms with Crippen LogP contribution in [0.5, 0.6) is 0 Å². The van der Waals surface area contributed by atoms with E-state index in [0.29, 0.717) is 12.5 Å². The van der Waals surface area contributed by atoms with E-state index in [-0.39, 0.29) is 12.5 Å². The number of aromatic nitrogens is 4. The smallest absolute Gasteiger partial charge is 0.248 e. The van der Waals surface area contributed by atoms with Crippen LogP contribution in [0.1, 0.15) is 30.9 Å². The minimum Gasteiger partial charge on any atom is -0.364 e. The molecule has 2 aromatic heterocycles. The maximum atomic E-state index is 12.4. The van der Waals surface area contributed by atoms with Crippen LogP contribution in [0.25, 0.3) is 11.0 Å². The van der Waals surface area contributed by atoms with Gasteiger partial charge in [0.05, 0.1) is 11.0 Å². The van der Waals surface area contributed by atoms with Crippen molar-refractivity contribution in [1.29, 1.82) is 0 Å². The number of aryl methyl sites for hydroxylation is 2. The number of nitrogens with zero attached hydrogens (tertiary/aromatic N) is 4. The number of imidazole rings is 2. The van der Waals surface area contributed by atoms with Crippen LogP contribution in [0.15, 0.2) is 36.7 Å². The number of rotatable bonds is 7. The summed E-state index contributed by atoms with van der Waals surface area (Å²) in [6.45, 7) is 5.11. The van der Waals surface area contributed by atoms with E-state index < -0.39 is 0 Å². The SMILES string of the molecule is Cc1nccn1CCC1CCN(C(=O)COCc2nc3ccccc3[nH]2)CC1. The van der Waals surface area contributed by atoms with Crippen molar-refractivity contribution < 1.29 is 9.53 Å². The van der Waals surface area contributed by atoms with Gasteiger partial charge in [-0.1, -0.05) is 12.1 Å². The van der Waals surface area contributed by atoms with E-state index in [1.54, 1.807) is 0 Å². The summed E-state index contributed by atoms with van der Waals surface area (Å²) >= 11 is 0. The molecular weight excluding hydrogens is 354 g/mol. The van der Waals surface area contributed by atoms with Gasteiger partial charge in [0.15, 0.2) is 0 Å². The second-order valence-corrected chi connectivity index (χ2v) is 7.47. The Hall–Kier alpha value is -2.67. The van der Waals surface area contributed by atoms with Crippen molar-refractivity contribution in [3.63, 3.8) is 0 Å². The van der Waals surface area contributed by atoms with Crippen LogP contribution in [0, 0.1) is 12.8 Å². The average Bonchev–Trinajstić information content (AvgIpc) is 3.32. The average molecular weight is 381 g/mol. The summed E-state index contributed by atoms with van der Waals surface area (Å²) in [5.41, 5.74) is 1.90. The molecule has 0 aliphatic carbocycles. The zero-order valence-corrected chi connectivity index (χ0v) is 16.3. The van der Waals surface area contributed by atoms with Gasteiger partial charge in [0.1, 0.15) is 24.9 Å². The van der Waals surface area contributed by atoms with E-state index >= 15 is 0 Å². The van der Waals surface area contributed by atoms with E-state index in [1.807, 2.05) is 48.5 Å². The molecule has 148 valence electrons. The molecule has 4 rings (SSSR count). The minimum absolute atomic E-state index is 0.0695. The van der Waals surface area contributed by atoms with Gasteiger partial charge in [-0.15, -0.1) is 0 Å². The highest BCUT2D eigenvalue weighted by Gasteiger charge is 2.22. The molecule has 1 amide bonds. The number of para-hydroxylation sites is 2. The van der Waals surface area contributed by atoms with Gasteiger partial charge >= 0.3 is 0 Å². The van der Waals surface area contributed by atoms with Gasteiger partial charge in [0.2, 0.25) is 5.91 Å². The number of nitrogens with one attached hydrogen (secondary N) is 1. The van der Waals surface area contributed by atoms with Gasteiger partial charge in [0.25, 0.3) is 0 Å². The lowest BCUT2D eigenvalue weighted by Gasteiger charge is -2.32. The maximum Gasteiger partial charge on any atom is 0.248 e. The van der Waals surface area contributed by atoms with E-state index in [2.05, 4.69) is 19.5 Å². The summed E-state index contributed by atoms with van der Waals surface area (Å²) in [7, 11) is 0. The first-order chi connectivity index (χ1) is 13.7. The van der Waals surface area contributed by atoms with Crippen molar-refractivity contribution in [2.75, 3.05) is 19.7 Å². The van der Waals surface area contributed by atoms with E-state index in [0.717, 1.165) is 61.6 Å². The van der Waals surface area contributed by atoms with Crippen molar-refractivity contribution in [1.82, 2.24) is 24.4 Å². The number of ether oxygens (including phenoxy) is 1. The Kier molecular flexibility index (Phi) is 5.71. The topological polar surface area (TPSA) is 76.0 Å². The van der Waals surface area contributed by atoms with E-state index in [9.17, 15) is 4.79 Å². The van der Waals surface area contributed by atoms with Crippen molar-refractivity contribution in [3.05, 3.63) is 48.3 Å². The fourth-order valence-electron chi connectivity index (χ4n) is 3.83. The summed E-state index contributed by atoms with van der Waals surface area (Å²) in [6.07, 6.45) is 7.14. The molecule has 7 nitrogen and oxygen atoms in total. The Bertz CT molecular complexity index is 891. The number of fused-ring (bicyclic) bond motifs is 1. The van der Waals surface area contributed by atoms with Gasteiger partial charge in [0, 0.05) is 32.0 Å². The molecule has 1 aliphatic heterocycles. The monoisotopic (exact) mass is 381 g/mol. The number of H-pyrrole nitrogens is 1. The molecule has 28 heavy (non-hydrogen) atoms. The molecule has 3 aromatic rings. The lowest BCUT2D eigenvalue weighted by molar-refractivity contribution is -0.138. The highest BCUT2D eigenvalue weighted by atomic mass is 16.5. The fraction of sp³-hybridized carbons (Fsp3) is 0.476. The van der Waals surface area contributed by atoms with Crippen molar-refractivity contribution in [2.24, 2.45) is 5.92 Å². The number of carbonyl (C=O) groups is 1. The van der Waals surface area contributed by atoms with Crippen LogP contribution >= 0.6 is 0 Å². The molecule has 0 saturated carbocycles. The Balaban J connectivity index is 1.17. The third-order valence-corrected chi connectivity index (χ3v) is 5.57. The molecule has 7 heteroatoms. The molecule has 1 saturated heterocycles. The number of amides is 1. The molecule has 0 radical (unpaired) electrons. The van der Waals surface area contributed by atoms with Gasteiger partial charge < -0.3 is 19.2 Å². The number of likely N-dealkylation sites (tertiary alicyclic amines) is 1. The van der Waals surface area contributed by atoms with Crippen molar-refractivity contribution in [3.8, 4) is 0 Å². The Morgan fingerprint density at radius 1 is 1.29 bits per heavy atom. The van der Waals surface area contributed by atoms with Crippen LogP contribution in [0.3, 0.4) is 0 Å². The van der Waals surface area contributed by atoms with Crippen molar-refractivity contribution in [2.45, 2.75) is 39.3 Å². The number of carbonyl (C=O) groups excluding carboxylic acids is 1. The van der Waals surface area contributed by atoms with Gasteiger partial charge in [-0.2, -0.15) is 0 Å². The largest absolute Gasteiger partial charge is 0.364 e. The van der Waals surface area contributed by atoms with E-state index in [1.165, 1.54) is 0 Å².